The van der Waals surface area contributed by atoms with Crippen LogP contribution in [0.1, 0.15) is 44.5 Å². The molecule has 106 valence electrons. The molecule has 0 aliphatic heterocycles. The van der Waals surface area contributed by atoms with Crippen molar-refractivity contribution in [3.05, 3.63) is 23.8 Å². The first-order valence-corrected chi connectivity index (χ1v) is 7.45. The minimum atomic E-state index is -0.928. The van der Waals surface area contributed by atoms with Crippen LogP contribution in [0, 0.1) is 5.41 Å². The summed E-state index contributed by atoms with van der Waals surface area (Å²) in [6, 6.07) is 5.40. The van der Waals surface area contributed by atoms with Gasteiger partial charge in [0.1, 0.15) is 11.3 Å². The lowest BCUT2D eigenvalue weighted by Gasteiger charge is -2.19. The fourth-order valence-electron chi connectivity index (χ4n) is 1.59. The van der Waals surface area contributed by atoms with Crippen molar-refractivity contribution in [2.45, 2.75) is 39.0 Å². The first kappa shape index (κ1) is 15.9. The van der Waals surface area contributed by atoms with Gasteiger partial charge < -0.3 is 9.84 Å². The summed E-state index contributed by atoms with van der Waals surface area (Å²) in [5.41, 5.74) is 0.461. The number of rotatable bonds is 6. The molecule has 0 unspecified atom stereocenters. The normalized spacial score (nSPS) is 11.4. The Morgan fingerprint density at radius 2 is 2.05 bits per heavy atom. The second-order valence-electron chi connectivity index (χ2n) is 5.53. The van der Waals surface area contributed by atoms with Crippen LogP contribution in [0.25, 0.3) is 0 Å². The monoisotopic (exact) mass is 282 g/mol. The molecular weight excluding hydrogens is 260 g/mol. The average molecular weight is 282 g/mol. The summed E-state index contributed by atoms with van der Waals surface area (Å²) in [6.45, 7) is 8.95. The zero-order valence-electron chi connectivity index (χ0n) is 12.0. The maximum Gasteiger partial charge on any atom is 0.340 e. The summed E-state index contributed by atoms with van der Waals surface area (Å²) in [4.78, 5) is 12.2. The van der Waals surface area contributed by atoms with Gasteiger partial charge in [-0.25, -0.2) is 4.79 Å². The molecule has 3 nitrogen and oxygen atoms in total. The van der Waals surface area contributed by atoms with Crippen molar-refractivity contribution in [1.29, 1.82) is 0 Å². The minimum absolute atomic E-state index is 0.180. The zero-order valence-corrected chi connectivity index (χ0v) is 12.8. The Morgan fingerprint density at radius 3 is 2.58 bits per heavy atom. The number of aromatic carboxylic acids is 1. The van der Waals surface area contributed by atoms with Gasteiger partial charge in [-0.1, -0.05) is 33.8 Å². The summed E-state index contributed by atoms with van der Waals surface area (Å²) in [6.07, 6.45) is 0.886. The van der Waals surface area contributed by atoms with E-state index in [1.165, 1.54) is 11.8 Å². The molecule has 19 heavy (non-hydrogen) atoms. The summed E-state index contributed by atoms with van der Waals surface area (Å²) in [5, 5.41) is 9.34. The molecule has 0 bridgehead atoms. The fraction of sp³-hybridized carbons (Fsp3) is 0.533. The van der Waals surface area contributed by atoms with Crippen LogP contribution in [0.15, 0.2) is 23.1 Å². The Bertz CT molecular complexity index is 436. The number of carbonyl (C=O) groups is 1. The van der Waals surface area contributed by atoms with Gasteiger partial charge in [0, 0.05) is 4.90 Å². The fourth-order valence-corrected chi connectivity index (χ4v) is 2.40. The molecule has 0 heterocycles. The molecular formula is C15H22O3S. The summed E-state index contributed by atoms with van der Waals surface area (Å²) in [7, 11) is 0. The van der Waals surface area contributed by atoms with Crippen LogP contribution in [0.5, 0.6) is 5.75 Å². The summed E-state index contributed by atoms with van der Waals surface area (Å²) in [5.74, 6) is 0.378. The van der Waals surface area contributed by atoms with Gasteiger partial charge in [-0.05, 0) is 29.7 Å². The largest absolute Gasteiger partial charge is 0.493 e. The van der Waals surface area contributed by atoms with Crippen molar-refractivity contribution < 1.29 is 14.6 Å². The molecule has 1 aromatic rings. The van der Waals surface area contributed by atoms with E-state index in [9.17, 15) is 9.90 Å². The van der Waals surface area contributed by atoms with E-state index in [4.69, 9.17) is 4.74 Å². The zero-order chi connectivity index (χ0) is 14.5. The predicted molar refractivity (Wildman–Crippen MR) is 79.4 cm³/mol. The van der Waals surface area contributed by atoms with Crippen molar-refractivity contribution in [1.82, 2.24) is 0 Å². The molecule has 1 N–H and O–H groups in total. The predicted octanol–water partition coefficient (Wildman–Crippen LogP) is 4.31. The Morgan fingerprint density at radius 1 is 1.37 bits per heavy atom. The summed E-state index contributed by atoms with van der Waals surface area (Å²) < 4.78 is 5.67. The van der Waals surface area contributed by atoms with Crippen LogP contribution in [0.2, 0.25) is 0 Å². The van der Waals surface area contributed by atoms with E-state index in [1.807, 2.05) is 19.1 Å². The molecule has 0 radical (unpaired) electrons. The highest BCUT2D eigenvalue weighted by atomic mass is 32.2. The molecule has 0 saturated heterocycles. The second kappa shape index (κ2) is 6.85. The van der Waals surface area contributed by atoms with Crippen LogP contribution in [-0.2, 0) is 0 Å². The Balaban J connectivity index is 2.87. The standard InChI is InChI=1S/C15H22O3S/c1-5-19-12-8-6-7-11(13(12)14(16)17)18-10-9-15(2,3)4/h6-8H,5,9-10H2,1-4H3,(H,16,17). The Kier molecular flexibility index (Phi) is 5.73. The molecule has 0 aliphatic carbocycles. The maximum atomic E-state index is 11.4. The average Bonchev–Trinajstić information content (AvgIpc) is 2.27. The summed E-state index contributed by atoms with van der Waals surface area (Å²) >= 11 is 1.52. The lowest BCUT2D eigenvalue weighted by molar-refractivity contribution is 0.0687. The number of benzene rings is 1. The number of thioether (sulfide) groups is 1. The number of carboxylic acids is 1. The van der Waals surface area contributed by atoms with Crippen LogP contribution < -0.4 is 4.74 Å². The molecule has 1 rings (SSSR count). The Labute approximate surface area is 119 Å². The van der Waals surface area contributed by atoms with Crippen molar-refractivity contribution in [2.24, 2.45) is 5.41 Å². The Hall–Kier alpha value is -1.16. The van der Waals surface area contributed by atoms with Gasteiger partial charge in [0.25, 0.3) is 0 Å². The third-order valence-corrected chi connectivity index (χ3v) is 3.55. The van der Waals surface area contributed by atoms with E-state index in [0.717, 1.165) is 17.1 Å². The van der Waals surface area contributed by atoms with Crippen LogP contribution in [0.3, 0.4) is 0 Å². The number of hydrogen-bond acceptors (Lipinski definition) is 3. The van der Waals surface area contributed by atoms with E-state index in [1.54, 1.807) is 6.07 Å². The van der Waals surface area contributed by atoms with E-state index in [0.29, 0.717) is 12.4 Å². The van der Waals surface area contributed by atoms with E-state index >= 15 is 0 Å². The third kappa shape index (κ3) is 5.15. The molecule has 4 heteroatoms. The van der Waals surface area contributed by atoms with E-state index in [-0.39, 0.29) is 11.0 Å². The molecule has 0 saturated carbocycles. The quantitative estimate of drug-likeness (QED) is 0.790. The third-order valence-electron chi connectivity index (χ3n) is 2.61. The van der Waals surface area contributed by atoms with Crippen molar-refractivity contribution in [3.63, 3.8) is 0 Å². The van der Waals surface area contributed by atoms with Crippen molar-refractivity contribution in [3.8, 4) is 5.75 Å². The van der Waals surface area contributed by atoms with Crippen LogP contribution in [-0.4, -0.2) is 23.4 Å². The van der Waals surface area contributed by atoms with Gasteiger partial charge in [-0.15, -0.1) is 11.8 Å². The molecule has 0 spiro atoms. The highest BCUT2D eigenvalue weighted by molar-refractivity contribution is 7.99. The van der Waals surface area contributed by atoms with Gasteiger partial charge in [-0.2, -0.15) is 0 Å². The molecule has 0 amide bonds. The van der Waals surface area contributed by atoms with E-state index < -0.39 is 5.97 Å². The number of hydrogen-bond donors (Lipinski definition) is 1. The lowest BCUT2D eigenvalue weighted by Crippen LogP contribution is -2.12. The second-order valence-corrected chi connectivity index (χ2v) is 6.83. The van der Waals surface area contributed by atoms with Crippen LogP contribution in [0.4, 0.5) is 0 Å². The van der Waals surface area contributed by atoms with Gasteiger partial charge >= 0.3 is 5.97 Å². The van der Waals surface area contributed by atoms with Crippen LogP contribution >= 0.6 is 11.8 Å². The van der Waals surface area contributed by atoms with Gasteiger partial charge in [0.2, 0.25) is 0 Å². The molecule has 0 atom stereocenters. The van der Waals surface area contributed by atoms with Gasteiger partial charge in [0.05, 0.1) is 6.61 Å². The highest BCUT2D eigenvalue weighted by Gasteiger charge is 2.17. The van der Waals surface area contributed by atoms with Gasteiger partial charge in [0.15, 0.2) is 0 Å². The topological polar surface area (TPSA) is 46.5 Å². The first-order valence-electron chi connectivity index (χ1n) is 6.47. The van der Waals surface area contributed by atoms with E-state index in [2.05, 4.69) is 20.8 Å². The minimum Gasteiger partial charge on any atom is -0.493 e. The SMILES string of the molecule is CCSc1cccc(OCCC(C)(C)C)c1C(=O)O. The smallest absolute Gasteiger partial charge is 0.340 e. The molecule has 1 aromatic carbocycles. The molecule has 0 fully saturated rings. The lowest BCUT2D eigenvalue weighted by atomic mass is 9.93. The van der Waals surface area contributed by atoms with Crippen molar-refractivity contribution >= 4 is 17.7 Å². The number of ether oxygens (including phenoxy) is 1. The van der Waals surface area contributed by atoms with Crippen molar-refractivity contribution in [2.75, 3.05) is 12.4 Å². The molecule has 0 aliphatic rings. The maximum absolute atomic E-state index is 11.4. The number of carboxylic acid groups (broad SMARTS) is 1. The highest BCUT2D eigenvalue weighted by Crippen LogP contribution is 2.30. The van der Waals surface area contributed by atoms with Gasteiger partial charge in [-0.3, -0.25) is 0 Å². The molecule has 0 aromatic heterocycles. The first-order chi connectivity index (χ1) is 8.85.